The highest BCUT2D eigenvalue weighted by atomic mass is 35.5. The number of rotatable bonds is 18. The van der Waals surface area contributed by atoms with E-state index in [9.17, 15) is 14.0 Å². The van der Waals surface area contributed by atoms with Crippen molar-refractivity contribution in [1.29, 1.82) is 0 Å². The van der Waals surface area contributed by atoms with Crippen molar-refractivity contribution in [3.8, 4) is 0 Å². The van der Waals surface area contributed by atoms with Gasteiger partial charge in [-0.3, -0.25) is 9.59 Å². The van der Waals surface area contributed by atoms with E-state index in [0.29, 0.717) is 6.61 Å². The van der Waals surface area contributed by atoms with Crippen LogP contribution in [0.15, 0.2) is 18.2 Å². The van der Waals surface area contributed by atoms with Gasteiger partial charge in [0.15, 0.2) is 0 Å². The van der Waals surface area contributed by atoms with Crippen molar-refractivity contribution < 1.29 is 23.5 Å². The van der Waals surface area contributed by atoms with Gasteiger partial charge in [-0.15, -0.1) is 0 Å². The Kier molecular flexibility index (Phi) is 15.9. The first-order chi connectivity index (χ1) is 15.0. The summed E-state index contributed by atoms with van der Waals surface area (Å²) in [5.74, 6) is -1.52. The van der Waals surface area contributed by atoms with E-state index in [4.69, 9.17) is 21.1 Å². The monoisotopic (exact) mass is 456 g/mol. The lowest BCUT2D eigenvalue weighted by Crippen LogP contribution is -2.11. The maximum Gasteiger partial charge on any atom is 0.306 e. The van der Waals surface area contributed by atoms with E-state index in [1.165, 1.54) is 76.0 Å². The number of esters is 2. The van der Waals surface area contributed by atoms with Crippen molar-refractivity contribution >= 4 is 23.5 Å². The molecule has 0 bridgehead atoms. The van der Waals surface area contributed by atoms with Crippen LogP contribution >= 0.6 is 11.6 Å². The summed E-state index contributed by atoms with van der Waals surface area (Å²) in [5.41, 5.74) is 0.132. The zero-order valence-corrected chi connectivity index (χ0v) is 19.7. The van der Waals surface area contributed by atoms with Crippen LogP contribution in [0, 0.1) is 5.82 Å². The van der Waals surface area contributed by atoms with Gasteiger partial charge in [0.25, 0.3) is 0 Å². The van der Waals surface area contributed by atoms with Gasteiger partial charge in [-0.1, -0.05) is 95.2 Å². The van der Waals surface area contributed by atoms with Crippen LogP contribution < -0.4 is 0 Å². The normalized spacial score (nSPS) is 10.8. The Morgan fingerprint density at radius 3 is 1.87 bits per heavy atom. The van der Waals surface area contributed by atoms with E-state index >= 15 is 0 Å². The highest BCUT2D eigenvalue weighted by molar-refractivity contribution is 6.31. The molecule has 0 atom stereocenters. The maximum absolute atomic E-state index is 13.6. The second-order valence-corrected chi connectivity index (χ2v) is 8.38. The van der Waals surface area contributed by atoms with Gasteiger partial charge in [-0.05, 0) is 18.6 Å². The molecule has 0 saturated heterocycles. The molecule has 1 aromatic rings. The molecule has 0 unspecified atom stereocenters. The molecule has 0 radical (unpaired) electrons. The number of hydrogen-bond donors (Lipinski definition) is 0. The Hall–Kier alpha value is -1.62. The summed E-state index contributed by atoms with van der Waals surface area (Å²) in [6.07, 6.45) is 14.9. The second-order valence-electron chi connectivity index (χ2n) is 7.97. The molecule has 0 aliphatic carbocycles. The summed E-state index contributed by atoms with van der Waals surface area (Å²) in [6.45, 7) is 2.38. The SMILES string of the molecule is CCCCCCCCCCCCCCOC(=O)CCC(=O)OCc1c(F)cccc1Cl. The third-order valence-corrected chi connectivity index (χ3v) is 5.59. The van der Waals surface area contributed by atoms with E-state index in [1.54, 1.807) is 0 Å². The minimum Gasteiger partial charge on any atom is -0.466 e. The number of ether oxygens (including phenoxy) is 2. The lowest BCUT2D eigenvalue weighted by Gasteiger charge is -2.08. The van der Waals surface area contributed by atoms with Gasteiger partial charge in [0.05, 0.1) is 24.5 Å². The molecule has 0 heterocycles. The highest BCUT2D eigenvalue weighted by Gasteiger charge is 2.12. The molecular weight excluding hydrogens is 419 g/mol. The third kappa shape index (κ3) is 14.1. The molecule has 6 heteroatoms. The first-order valence-corrected chi connectivity index (χ1v) is 12.2. The highest BCUT2D eigenvalue weighted by Crippen LogP contribution is 2.20. The van der Waals surface area contributed by atoms with Gasteiger partial charge < -0.3 is 9.47 Å². The summed E-state index contributed by atoms with van der Waals surface area (Å²) < 4.78 is 23.8. The number of carbonyl (C=O) groups is 2. The minimum absolute atomic E-state index is 0.0396. The molecule has 0 amide bonds. The summed E-state index contributed by atoms with van der Waals surface area (Å²) in [7, 11) is 0. The van der Waals surface area contributed by atoms with Crippen molar-refractivity contribution in [2.75, 3.05) is 6.61 Å². The van der Waals surface area contributed by atoms with Gasteiger partial charge in [-0.25, -0.2) is 4.39 Å². The molecule has 176 valence electrons. The Morgan fingerprint density at radius 1 is 0.806 bits per heavy atom. The fourth-order valence-electron chi connectivity index (χ4n) is 3.30. The number of carbonyl (C=O) groups excluding carboxylic acids is 2. The predicted octanol–water partition coefficient (Wildman–Crippen LogP) is 7.55. The van der Waals surface area contributed by atoms with Gasteiger partial charge in [0, 0.05) is 5.56 Å². The van der Waals surface area contributed by atoms with Gasteiger partial charge >= 0.3 is 11.9 Å². The summed E-state index contributed by atoms with van der Waals surface area (Å²) >= 11 is 5.88. The summed E-state index contributed by atoms with van der Waals surface area (Å²) in [5, 5.41) is 0.203. The first kappa shape index (κ1) is 27.4. The predicted molar refractivity (Wildman–Crippen MR) is 122 cm³/mol. The lowest BCUT2D eigenvalue weighted by molar-refractivity contribution is -0.151. The van der Waals surface area contributed by atoms with E-state index in [0.717, 1.165) is 19.3 Å². The quantitative estimate of drug-likeness (QED) is 0.169. The fraction of sp³-hybridized carbons (Fsp3) is 0.680. The molecule has 31 heavy (non-hydrogen) atoms. The smallest absolute Gasteiger partial charge is 0.306 e. The van der Waals surface area contributed by atoms with E-state index in [-0.39, 0.29) is 30.0 Å². The zero-order chi connectivity index (χ0) is 22.7. The summed E-state index contributed by atoms with van der Waals surface area (Å²) in [4.78, 5) is 23.5. The fourth-order valence-corrected chi connectivity index (χ4v) is 3.52. The molecule has 4 nitrogen and oxygen atoms in total. The number of unbranched alkanes of at least 4 members (excludes halogenated alkanes) is 11. The van der Waals surface area contributed by atoms with Crippen LogP contribution in [0.2, 0.25) is 5.02 Å². The molecule has 1 rings (SSSR count). The van der Waals surface area contributed by atoms with Crippen molar-refractivity contribution in [3.63, 3.8) is 0 Å². The third-order valence-electron chi connectivity index (χ3n) is 5.23. The maximum atomic E-state index is 13.6. The van der Waals surface area contributed by atoms with Gasteiger partial charge in [-0.2, -0.15) is 0 Å². The van der Waals surface area contributed by atoms with E-state index in [2.05, 4.69) is 6.92 Å². The van der Waals surface area contributed by atoms with Crippen molar-refractivity contribution in [1.82, 2.24) is 0 Å². The van der Waals surface area contributed by atoms with Crippen LogP contribution in [-0.2, 0) is 25.7 Å². The Labute approximate surface area is 191 Å². The van der Waals surface area contributed by atoms with E-state index < -0.39 is 17.8 Å². The second kappa shape index (κ2) is 18.0. The Bertz CT molecular complexity index is 616. The molecule has 0 aliphatic heterocycles. The van der Waals surface area contributed by atoms with Crippen LogP contribution in [0.25, 0.3) is 0 Å². The zero-order valence-electron chi connectivity index (χ0n) is 18.9. The average molecular weight is 457 g/mol. The minimum atomic E-state index is -0.582. The van der Waals surface area contributed by atoms with Gasteiger partial charge in [0.1, 0.15) is 12.4 Å². The molecule has 0 saturated carbocycles. The van der Waals surface area contributed by atoms with Crippen LogP contribution in [-0.4, -0.2) is 18.5 Å². The van der Waals surface area contributed by atoms with E-state index in [1.807, 2.05) is 0 Å². The molecule has 0 aromatic heterocycles. The van der Waals surface area contributed by atoms with Crippen molar-refractivity contribution in [2.24, 2.45) is 0 Å². The lowest BCUT2D eigenvalue weighted by atomic mass is 10.1. The molecular formula is C25H38ClFO4. The standard InChI is InChI=1S/C25H38ClFO4/c1-2-3-4-5-6-7-8-9-10-11-12-13-19-30-24(28)17-18-25(29)31-20-21-22(26)15-14-16-23(21)27/h14-16H,2-13,17-20H2,1H3. The van der Waals surface area contributed by atoms with Crippen LogP contribution in [0.4, 0.5) is 4.39 Å². The molecule has 0 aliphatic rings. The van der Waals surface area contributed by atoms with Crippen molar-refractivity contribution in [3.05, 3.63) is 34.6 Å². The van der Waals surface area contributed by atoms with Crippen LogP contribution in [0.5, 0.6) is 0 Å². The summed E-state index contributed by atoms with van der Waals surface area (Å²) in [6, 6.07) is 4.26. The molecule has 0 fully saturated rings. The molecule has 1 aromatic carbocycles. The average Bonchev–Trinajstić information content (AvgIpc) is 2.75. The number of benzene rings is 1. The Morgan fingerprint density at radius 2 is 1.32 bits per heavy atom. The number of halogens is 2. The molecule has 0 N–H and O–H groups in total. The van der Waals surface area contributed by atoms with Gasteiger partial charge in [0.2, 0.25) is 0 Å². The van der Waals surface area contributed by atoms with Crippen LogP contribution in [0.3, 0.4) is 0 Å². The van der Waals surface area contributed by atoms with Crippen molar-refractivity contribution in [2.45, 2.75) is 103 Å². The Balaban J connectivity index is 1.94. The first-order valence-electron chi connectivity index (χ1n) is 11.8. The topological polar surface area (TPSA) is 52.6 Å². The molecule has 0 spiro atoms. The van der Waals surface area contributed by atoms with Crippen LogP contribution in [0.1, 0.15) is 102 Å². The number of hydrogen-bond acceptors (Lipinski definition) is 4. The largest absolute Gasteiger partial charge is 0.466 e.